The van der Waals surface area contributed by atoms with Gasteiger partial charge in [0, 0.05) is 36.9 Å². The summed E-state index contributed by atoms with van der Waals surface area (Å²) in [5.74, 6) is 1.35. The fourth-order valence-electron chi connectivity index (χ4n) is 3.31. The van der Waals surface area contributed by atoms with Crippen molar-refractivity contribution >= 4 is 10.9 Å². The van der Waals surface area contributed by atoms with Gasteiger partial charge in [-0.1, -0.05) is 6.07 Å². The summed E-state index contributed by atoms with van der Waals surface area (Å²) < 4.78 is 16.2. The maximum absolute atomic E-state index is 12.6. The normalized spacial score (nSPS) is 14.0. The molecule has 3 aromatic rings. The van der Waals surface area contributed by atoms with Crippen LogP contribution in [0.4, 0.5) is 0 Å². The van der Waals surface area contributed by atoms with E-state index in [0.29, 0.717) is 30.2 Å². The Morgan fingerprint density at radius 3 is 2.81 bits per heavy atom. The van der Waals surface area contributed by atoms with Gasteiger partial charge in [-0.3, -0.25) is 14.7 Å². The first kappa shape index (κ1) is 17.5. The van der Waals surface area contributed by atoms with Crippen LogP contribution in [0.2, 0.25) is 0 Å². The standard InChI is InChI=1S/C20H21N3O4/c1-23(17(11-25-2)15-5-3-4-6-21-15)10-14-7-13-8-18-19(27-12-26-18)9-16(13)22-20(14)24/h3-9,17H,10-12H2,1-2H3,(H,22,24)/t17-/m1/s1. The minimum Gasteiger partial charge on any atom is -0.454 e. The van der Waals surface area contributed by atoms with Gasteiger partial charge in [-0.05, 0) is 31.3 Å². The second-order valence-electron chi connectivity index (χ2n) is 6.56. The lowest BCUT2D eigenvalue weighted by atomic mass is 10.1. The number of pyridine rings is 2. The van der Waals surface area contributed by atoms with E-state index in [1.54, 1.807) is 19.4 Å². The molecule has 0 spiro atoms. The van der Waals surface area contributed by atoms with Crippen molar-refractivity contribution in [2.45, 2.75) is 12.6 Å². The first-order valence-corrected chi connectivity index (χ1v) is 8.71. The lowest BCUT2D eigenvalue weighted by Crippen LogP contribution is -2.30. The van der Waals surface area contributed by atoms with E-state index < -0.39 is 0 Å². The Morgan fingerprint density at radius 2 is 2.07 bits per heavy atom. The molecular weight excluding hydrogens is 346 g/mol. The minimum absolute atomic E-state index is 0.0527. The largest absolute Gasteiger partial charge is 0.454 e. The van der Waals surface area contributed by atoms with Gasteiger partial charge >= 0.3 is 0 Å². The van der Waals surface area contributed by atoms with Crippen LogP contribution < -0.4 is 15.0 Å². The highest BCUT2D eigenvalue weighted by atomic mass is 16.7. The van der Waals surface area contributed by atoms with E-state index in [1.165, 1.54) is 0 Å². The van der Waals surface area contributed by atoms with Crippen LogP contribution >= 0.6 is 0 Å². The molecule has 0 bridgehead atoms. The van der Waals surface area contributed by atoms with Crippen LogP contribution in [0.5, 0.6) is 11.5 Å². The molecule has 1 aromatic carbocycles. The topological polar surface area (TPSA) is 76.7 Å². The maximum atomic E-state index is 12.6. The molecule has 0 aliphatic carbocycles. The van der Waals surface area contributed by atoms with E-state index in [-0.39, 0.29) is 18.4 Å². The molecule has 0 amide bonds. The predicted octanol–water partition coefficient (Wildman–Crippen LogP) is 2.47. The van der Waals surface area contributed by atoms with Crippen LogP contribution in [0, 0.1) is 0 Å². The van der Waals surface area contributed by atoms with E-state index in [4.69, 9.17) is 14.2 Å². The Hall–Kier alpha value is -2.90. The lowest BCUT2D eigenvalue weighted by molar-refractivity contribution is 0.0998. The molecule has 3 heterocycles. The Kier molecular flexibility index (Phi) is 4.79. The summed E-state index contributed by atoms with van der Waals surface area (Å²) in [6, 6.07) is 11.3. The smallest absolute Gasteiger partial charge is 0.252 e. The summed E-state index contributed by atoms with van der Waals surface area (Å²) in [6.07, 6.45) is 1.76. The molecule has 27 heavy (non-hydrogen) atoms. The van der Waals surface area contributed by atoms with Gasteiger partial charge in [0.05, 0.1) is 23.9 Å². The van der Waals surface area contributed by atoms with E-state index in [2.05, 4.69) is 14.9 Å². The van der Waals surface area contributed by atoms with Crippen molar-refractivity contribution in [2.75, 3.05) is 27.6 Å². The van der Waals surface area contributed by atoms with E-state index in [0.717, 1.165) is 16.6 Å². The van der Waals surface area contributed by atoms with Gasteiger partial charge in [0.2, 0.25) is 6.79 Å². The molecule has 7 nitrogen and oxygen atoms in total. The molecule has 1 aliphatic rings. The van der Waals surface area contributed by atoms with Crippen LogP contribution in [0.1, 0.15) is 17.3 Å². The SMILES string of the molecule is COC[C@H](c1ccccn1)N(C)Cc1cc2cc3c(cc2[nH]c1=O)OCO3. The first-order valence-electron chi connectivity index (χ1n) is 8.71. The maximum Gasteiger partial charge on any atom is 0.252 e. The van der Waals surface area contributed by atoms with Crippen LogP contribution in [-0.2, 0) is 11.3 Å². The quantitative estimate of drug-likeness (QED) is 0.721. The highest BCUT2D eigenvalue weighted by Crippen LogP contribution is 2.35. The van der Waals surface area contributed by atoms with Crippen molar-refractivity contribution in [2.24, 2.45) is 0 Å². The fourth-order valence-corrected chi connectivity index (χ4v) is 3.31. The third kappa shape index (κ3) is 3.51. The van der Waals surface area contributed by atoms with E-state index in [9.17, 15) is 4.79 Å². The minimum atomic E-state index is -0.120. The number of hydrogen-bond donors (Lipinski definition) is 1. The lowest BCUT2D eigenvalue weighted by Gasteiger charge is -2.27. The number of benzene rings is 1. The molecular formula is C20H21N3O4. The van der Waals surface area contributed by atoms with Crippen LogP contribution in [0.25, 0.3) is 10.9 Å². The third-order valence-corrected chi connectivity index (χ3v) is 4.72. The van der Waals surface area contributed by atoms with Crippen molar-refractivity contribution in [3.8, 4) is 11.5 Å². The second-order valence-corrected chi connectivity index (χ2v) is 6.56. The molecule has 0 saturated heterocycles. The zero-order valence-corrected chi connectivity index (χ0v) is 15.3. The summed E-state index contributed by atoms with van der Waals surface area (Å²) in [5, 5.41) is 0.906. The Labute approximate surface area is 156 Å². The number of fused-ring (bicyclic) bond motifs is 2. The second kappa shape index (κ2) is 7.38. The van der Waals surface area contributed by atoms with Gasteiger partial charge in [-0.25, -0.2) is 0 Å². The number of nitrogens with zero attached hydrogens (tertiary/aromatic N) is 2. The number of aromatic nitrogens is 2. The van der Waals surface area contributed by atoms with Crippen LogP contribution in [0.3, 0.4) is 0 Å². The zero-order chi connectivity index (χ0) is 18.8. The van der Waals surface area contributed by atoms with Gasteiger partial charge in [-0.15, -0.1) is 0 Å². The molecule has 7 heteroatoms. The molecule has 0 fully saturated rings. The van der Waals surface area contributed by atoms with E-state index >= 15 is 0 Å². The molecule has 1 N–H and O–H groups in total. The number of H-pyrrole nitrogens is 1. The molecule has 1 aliphatic heterocycles. The molecule has 0 radical (unpaired) electrons. The van der Waals surface area contributed by atoms with Gasteiger partial charge in [-0.2, -0.15) is 0 Å². The average molecular weight is 367 g/mol. The van der Waals surface area contributed by atoms with Gasteiger partial charge in [0.25, 0.3) is 5.56 Å². The highest BCUT2D eigenvalue weighted by molar-refractivity contribution is 5.83. The molecule has 140 valence electrons. The molecule has 2 aromatic heterocycles. The van der Waals surface area contributed by atoms with Gasteiger partial charge in [0.1, 0.15) is 0 Å². The van der Waals surface area contributed by atoms with Gasteiger partial charge < -0.3 is 19.2 Å². The highest BCUT2D eigenvalue weighted by Gasteiger charge is 2.20. The first-order chi connectivity index (χ1) is 13.2. The number of aromatic amines is 1. The Morgan fingerprint density at radius 1 is 1.26 bits per heavy atom. The molecule has 0 unspecified atom stereocenters. The van der Waals surface area contributed by atoms with Crippen LogP contribution in [-0.4, -0.2) is 42.4 Å². The summed E-state index contributed by atoms with van der Waals surface area (Å²) in [6.45, 7) is 1.15. The van der Waals surface area contributed by atoms with Crippen molar-refractivity contribution < 1.29 is 14.2 Å². The van der Waals surface area contributed by atoms with Crippen molar-refractivity contribution in [1.82, 2.24) is 14.9 Å². The summed E-state index contributed by atoms with van der Waals surface area (Å²) in [7, 11) is 3.62. The number of nitrogens with one attached hydrogen (secondary N) is 1. The molecule has 0 saturated carbocycles. The Bertz CT molecular complexity index is 1000. The monoisotopic (exact) mass is 367 g/mol. The van der Waals surface area contributed by atoms with E-state index in [1.807, 2.05) is 37.4 Å². The summed E-state index contributed by atoms with van der Waals surface area (Å²) in [5.41, 5.74) is 2.18. The number of rotatable bonds is 6. The molecule has 1 atom stereocenters. The predicted molar refractivity (Wildman–Crippen MR) is 101 cm³/mol. The van der Waals surface area contributed by atoms with Gasteiger partial charge in [0.15, 0.2) is 11.5 Å². The molecule has 4 rings (SSSR count). The number of hydrogen-bond acceptors (Lipinski definition) is 6. The van der Waals surface area contributed by atoms with Crippen molar-refractivity contribution in [3.05, 3.63) is 64.2 Å². The Balaban J connectivity index is 1.64. The third-order valence-electron chi connectivity index (χ3n) is 4.72. The van der Waals surface area contributed by atoms with Crippen LogP contribution in [0.15, 0.2) is 47.4 Å². The van der Waals surface area contributed by atoms with Crippen molar-refractivity contribution in [1.29, 1.82) is 0 Å². The zero-order valence-electron chi connectivity index (χ0n) is 15.3. The average Bonchev–Trinajstić information content (AvgIpc) is 3.13. The fraction of sp³-hybridized carbons (Fsp3) is 0.300. The summed E-state index contributed by atoms with van der Waals surface area (Å²) >= 11 is 0. The van der Waals surface area contributed by atoms with Crippen molar-refractivity contribution in [3.63, 3.8) is 0 Å². The number of methoxy groups -OCH3 is 1. The number of likely N-dealkylation sites (N-methyl/N-ethyl adjacent to an activating group) is 1. The number of ether oxygens (including phenoxy) is 3. The summed E-state index contributed by atoms with van der Waals surface area (Å²) in [4.78, 5) is 22.0.